The molecule has 1 atom stereocenters. The fraction of sp³-hybridized carbons (Fsp3) is 0.200. The van der Waals surface area contributed by atoms with E-state index < -0.39 is 29.5 Å². The number of hydrazine groups is 1. The van der Waals surface area contributed by atoms with Crippen LogP contribution in [0.3, 0.4) is 0 Å². The number of carbonyl (C=O) groups is 4. The summed E-state index contributed by atoms with van der Waals surface area (Å²) in [6.07, 6.45) is -0.607. The molecule has 0 radical (unpaired) electrons. The van der Waals surface area contributed by atoms with Gasteiger partial charge in [0.15, 0.2) is 0 Å². The van der Waals surface area contributed by atoms with Crippen molar-refractivity contribution < 1.29 is 23.9 Å². The number of hydrogen-bond donors (Lipinski definition) is 3. The molecule has 9 nitrogen and oxygen atoms in total. The summed E-state index contributed by atoms with van der Waals surface area (Å²) >= 11 is 0. The Morgan fingerprint density at radius 3 is 2.34 bits per heavy atom. The van der Waals surface area contributed by atoms with Crippen LogP contribution < -0.4 is 16.1 Å². The number of carbonyl (C=O) groups excluding carboxylic acids is 4. The zero-order valence-corrected chi connectivity index (χ0v) is 15.9. The van der Waals surface area contributed by atoms with Gasteiger partial charge in [-0.3, -0.25) is 20.3 Å². The molecule has 0 unspecified atom stereocenters. The molecular weight excluding hydrogens is 376 g/mol. The van der Waals surface area contributed by atoms with Crippen molar-refractivity contribution in [2.24, 2.45) is 0 Å². The van der Waals surface area contributed by atoms with E-state index in [2.05, 4.69) is 16.1 Å². The van der Waals surface area contributed by atoms with Crippen molar-refractivity contribution in [2.75, 3.05) is 11.9 Å². The van der Waals surface area contributed by atoms with Gasteiger partial charge in [0, 0.05) is 11.3 Å². The van der Waals surface area contributed by atoms with E-state index >= 15 is 0 Å². The molecule has 3 N–H and O–H groups in total. The Morgan fingerprint density at radius 2 is 1.72 bits per heavy atom. The monoisotopic (exact) mass is 396 g/mol. The van der Waals surface area contributed by atoms with E-state index in [4.69, 9.17) is 4.74 Å². The van der Waals surface area contributed by atoms with Gasteiger partial charge in [-0.2, -0.15) is 5.01 Å². The SMILES string of the molecule is CCOC(=O)Nc1ccc(C(=O)NN2C(=O)N[C@](C)(c3ccccc3)C2=O)cc1. The zero-order valence-electron chi connectivity index (χ0n) is 15.9. The highest BCUT2D eigenvalue weighted by Crippen LogP contribution is 2.27. The molecule has 0 bridgehead atoms. The normalized spacial score (nSPS) is 18.2. The summed E-state index contributed by atoms with van der Waals surface area (Å²) in [6.45, 7) is 3.50. The van der Waals surface area contributed by atoms with Gasteiger partial charge in [-0.05, 0) is 43.7 Å². The standard InChI is InChI=1S/C20H20N4O5/c1-3-29-19(28)21-15-11-9-13(10-12-15)16(25)23-24-17(26)20(2,22-18(24)27)14-7-5-4-6-8-14/h4-12H,3H2,1-2H3,(H,21,28)(H,22,27)(H,23,25)/t20-/m1/s1. The summed E-state index contributed by atoms with van der Waals surface area (Å²) in [7, 11) is 0. The molecule has 1 aliphatic heterocycles. The number of urea groups is 1. The number of anilines is 1. The second-order valence-corrected chi connectivity index (χ2v) is 6.43. The van der Waals surface area contributed by atoms with E-state index in [-0.39, 0.29) is 12.2 Å². The third-order valence-corrected chi connectivity index (χ3v) is 4.42. The molecule has 1 heterocycles. The first-order chi connectivity index (χ1) is 13.8. The van der Waals surface area contributed by atoms with E-state index in [1.54, 1.807) is 44.2 Å². The Hall–Kier alpha value is -3.88. The van der Waals surface area contributed by atoms with Gasteiger partial charge in [0.25, 0.3) is 11.8 Å². The minimum absolute atomic E-state index is 0.202. The van der Waals surface area contributed by atoms with E-state index in [1.165, 1.54) is 24.3 Å². The van der Waals surface area contributed by atoms with Crippen molar-refractivity contribution in [3.63, 3.8) is 0 Å². The summed E-state index contributed by atoms with van der Waals surface area (Å²) in [5.41, 5.74) is 2.28. The number of hydrogen-bond acceptors (Lipinski definition) is 5. The molecule has 2 aromatic rings. The lowest BCUT2D eigenvalue weighted by atomic mass is 9.92. The van der Waals surface area contributed by atoms with E-state index in [0.717, 1.165) is 0 Å². The first-order valence-corrected chi connectivity index (χ1v) is 8.92. The lowest BCUT2D eigenvalue weighted by Gasteiger charge is -2.22. The van der Waals surface area contributed by atoms with Gasteiger partial charge in [-0.1, -0.05) is 30.3 Å². The fourth-order valence-corrected chi connectivity index (χ4v) is 2.86. The van der Waals surface area contributed by atoms with Crippen LogP contribution in [0.1, 0.15) is 29.8 Å². The molecule has 0 saturated carbocycles. The van der Waals surface area contributed by atoms with Crippen molar-refractivity contribution in [1.29, 1.82) is 0 Å². The number of imide groups is 1. The number of rotatable bonds is 5. The van der Waals surface area contributed by atoms with Gasteiger partial charge in [0.1, 0.15) is 5.54 Å². The Kier molecular flexibility index (Phi) is 5.49. The van der Waals surface area contributed by atoms with E-state index in [0.29, 0.717) is 16.3 Å². The number of nitrogens with zero attached hydrogens (tertiary/aromatic N) is 1. The molecule has 2 aromatic carbocycles. The Balaban J connectivity index is 1.70. The van der Waals surface area contributed by atoms with Crippen LogP contribution in [0.2, 0.25) is 0 Å². The first-order valence-electron chi connectivity index (χ1n) is 8.92. The zero-order chi connectivity index (χ0) is 21.0. The number of ether oxygens (including phenoxy) is 1. The van der Waals surface area contributed by atoms with Gasteiger partial charge >= 0.3 is 12.1 Å². The molecule has 0 spiro atoms. The van der Waals surface area contributed by atoms with Gasteiger partial charge < -0.3 is 10.1 Å². The van der Waals surface area contributed by atoms with Crippen molar-refractivity contribution in [3.8, 4) is 0 Å². The molecule has 5 amide bonds. The maximum atomic E-state index is 12.8. The van der Waals surface area contributed by atoms with Crippen LogP contribution in [0.15, 0.2) is 54.6 Å². The van der Waals surface area contributed by atoms with Crippen LogP contribution in [0.4, 0.5) is 15.3 Å². The second-order valence-electron chi connectivity index (χ2n) is 6.43. The summed E-state index contributed by atoms with van der Waals surface area (Å²) < 4.78 is 4.77. The first kappa shape index (κ1) is 19.9. The van der Waals surface area contributed by atoms with Gasteiger partial charge in [-0.15, -0.1) is 0 Å². The van der Waals surface area contributed by atoms with Crippen molar-refractivity contribution in [3.05, 3.63) is 65.7 Å². The molecule has 3 rings (SSSR count). The average Bonchev–Trinajstić information content (AvgIpc) is 2.93. The lowest BCUT2D eigenvalue weighted by molar-refractivity contribution is -0.132. The summed E-state index contributed by atoms with van der Waals surface area (Å²) in [4.78, 5) is 49.0. The summed E-state index contributed by atoms with van der Waals surface area (Å²) in [5, 5.41) is 5.78. The van der Waals surface area contributed by atoms with E-state index in [1.807, 2.05) is 0 Å². The third-order valence-electron chi connectivity index (χ3n) is 4.42. The molecule has 1 aliphatic rings. The Morgan fingerprint density at radius 1 is 1.07 bits per heavy atom. The van der Waals surface area contributed by atoms with Crippen LogP contribution in [-0.2, 0) is 15.1 Å². The van der Waals surface area contributed by atoms with Crippen LogP contribution in [-0.4, -0.2) is 35.6 Å². The maximum Gasteiger partial charge on any atom is 0.411 e. The predicted octanol–water partition coefficient (Wildman–Crippen LogP) is 2.37. The van der Waals surface area contributed by atoms with Gasteiger partial charge in [0.05, 0.1) is 6.61 Å². The minimum Gasteiger partial charge on any atom is -0.450 e. The predicted molar refractivity (Wildman–Crippen MR) is 104 cm³/mol. The number of benzene rings is 2. The van der Waals surface area contributed by atoms with Crippen LogP contribution in [0, 0.1) is 0 Å². The molecule has 29 heavy (non-hydrogen) atoms. The topological polar surface area (TPSA) is 117 Å². The van der Waals surface area contributed by atoms with Gasteiger partial charge in [-0.25, -0.2) is 9.59 Å². The number of amides is 5. The highest BCUT2D eigenvalue weighted by molar-refractivity contribution is 6.09. The molecule has 1 fully saturated rings. The highest BCUT2D eigenvalue weighted by atomic mass is 16.5. The quantitative estimate of drug-likeness (QED) is 0.671. The Bertz CT molecular complexity index is 945. The largest absolute Gasteiger partial charge is 0.450 e. The molecule has 0 aliphatic carbocycles. The van der Waals surface area contributed by atoms with Gasteiger partial charge in [0.2, 0.25) is 0 Å². The second kappa shape index (κ2) is 8.01. The molecule has 1 saturated heterocycles. The summed E-state index contributed by atoms with van der Waals surface area (Å²) in [5.74, 6) is -1.24. The molecule has 9 heteroatoms. The minimum atomic E-state index is -1.28. The van der Waals surface area contributed by atoms with Crippen molar-refractivity contribution in [1.82, 2.24) is 15.8 Å². The van der Waals surface area contributed by atoms with Crippen LogP contribution in [0.5, 0.6) is 0 Å². The summed E-state index contributed by atoms with van der Waals surface area (Å²) in [6, 6.07) is 13.9. The molecular formula is C20H20N4O5. The van der Waals surface area contributed by atoms with E-state index in [9.17, 15) is 19.2 Å². The average molecular weight is 396 g/mol. The van der Waals surface area contributed by atoms with Crippen LogP contribution >= 0.6 is 0 Å². The van der Waals surface area contributed by atoms with Crippen molar-refractivity contribution >= 4 is 29.6 Å². The third kappa shape index (κ3) is 4.03. The molecule has 0 aromatic heterocycles. The number of nitrogens with one attached hydrogen (secondary N) is 3. The fourth-order valence-electron chi connectivity index (χ4n) is 2.86. The maximum absolute atomic E-state index is 12.8. The molecule has 150 valence electrons. The highest BCUT2D eigenvalue weighted by Gasteiger charge is 2.50. The Labute approximate surface area is 167 Å². The smallest absolute Gasteiger partial charge is 0.411 e. The van der Waals surface area contributed by atoms with Crippen LogP contribution in [0.25, 0.3) is 0 Å². The van der Waals surface area contributed by atoms with Crippen molar-refractivity contribution in [2.45, 2.75) is 19.4 Å². The lowest BCUT2D eigenvalue weighted by Crippen LogP contribution is -2.47.